The second-order valence-corrected chi connectivity index (χ2v) is 5.92. The molecule has 8 nitrogen and oxygen atoms in total. The number of nitrogens with one attached hydrogen (secondary N) is 4. The molecule has 142 valence electrons. The lowest BCUT2D eigenvalue weighted by Gasteiger charge is -2.05. The number of thiocarbonyl (C=S) groups is 2. The Hall–Kier alpha value is -2.85. The molecule has 1 aromatic heterocycles. The van der Waals surface area contributed by atoms with E-state index in [2.05, 4.69) is 36.7 Å². The van der Waals surface area contributed by atoms with Gasteiger partial charge < -0.3 is 15.1 Å². The molecule has 0 saturated carbocycles. The van der Waals surface area contributed by atoms with E-state index in [-0.39, 0.29) is 0 Å². The van der Waals surface area contributed by atoms with Gasteiger partial charge in [0.05, 0.1) is 6.21 Å². The van der Waals surface area contributed by atoms with Crippen LogP contribution in [0, 0.1) is 0 Å². The minimum Gasteiger partial charge on any atom is -0.444 e. The van der Waals surface area contributed by atoms with Crippen molar-refractivity contribution in [1.29, 1.82) is 0 Å². The van der Waals surface area contributed by atoms with Gasteiger partial charge in [0.15, 0.2) is 10.2 Å². The van der Waals surface area contributed by atoms with Crippen molar-refractivity contribution in [1.82, 2.24) is 26.5 Å². The molecule has 0 spiro atoms. The van der Waals surface area contributed by atoms with E-state index in [0.717, 1.165) is 5.56 Å². The molecule has 0 aliphatic carbocycles. The SMILES string of the molecule is CCNC(=S)N/N=C(\C=N\NC(=S)NCC)c1coc(-c2ccccc2)n1. The molecule has 0 atom stereocenters. The Balaban J connectivity index is 2.19. The number of nitrogens with zero attached hydrogens (tertiary/aromatic N) is 3. The van der Waals surface area contributed by atoms with E-state index < -0.39 is 0 Å². The molecule has 2 rings (SSSR count). The number of aromatic nitrogens is 1. The first kappa shape index (κ1) is 20.5. The standard InChI is InChI=1S/C17H21N7OS2/c1-3-18-16(26)23-20-10-13(22-24-17(27)19-4-2)14-11-25-15(21-14)12-8-6-5-7-9-12/h5-11H,3-4H2,1-2H3,(H2,18,23,26)(H2,19,24,27)/b20-10+,22-13+. The summed E-state index contributed by atoms with van der Waals surface area (Å²) in [5, 5.41) is 15.0. The van der Waals surface area contributed by atoms with Crippen LogP contribution in [0.4, 0.5) is 0 Å². The predicted molar refractivity (Wildman–Crippen MR) is 116 cm³/mol. The molecular formula is C17H21N7OS2. The molecule has 0 amide bonds. The maximum atomic E-state index is 5.56. The van der Waals surface area contributed by atoms with Crippen LogP contribution in [0.1, 0.15) is 19.5 Å². The Bertz CT molecular complexity index is 818. The van der Waals surface area contributed by atoms with Gasteiger partial charge in [-0.3, -0.25) is 10.9 Å². The maximum absolute atomic E-state index is 5.56. The number of hydrogen-bond acceptors (Lipinski definition) is 6. The predicted octanol–water partition coefficient (Wildman–Crippen LogP) is 2.00. The van der Waals surface area contributed by atoms with Crippen LogP contribution in [-0.2, 0) is 0 Å². The van der Waals surface area contributed by atoms with Crippen molar-refractivity contribution in [3.63, 3.8) is 0 Å². The van der Waals surface area contributed by atoms with Crippen molar-refractivity contribution in [2.75, 3.05) is 13.1 Å². The normalized spacial score (nSPS) is 11.3. The third kappa shape index (κ3) is 6.76. The van der Waals surface area contributed by atoms with Crippen LogP contribution in [0.3, 0.4) is 0 Å². The van der Waals surface area contributed by atoms with Gasteiger partial charge in [-0.05, 0) is 50.4 Å². The Morgan fingerprint density at radius 3 is 2.41 bits per heavy atom. The van der Waals surface area contributed by atoms with E-state index in [0.29, 0.717) is 40.6 Å². The summed E-state index contributed by atoms with van der Waals surface area (Å²) in [7, 11) is 0. The molecule has 4 N–H and O–H groups in total. The largest absolute Gasteiger partial charge is 0.444 e. The van der Waals surface area contributed by atoms with Crippen molar-refractivity contribution in [3.8, 4) is 11.5 Å². The highest BCUT2D eigenvalue weighted by Gasteiger charge is 2.11. The Morgan fingerprint density at radius 2 is 1.74 bits per heavy atom. The van der Waals surface area contributed by atoms with Gasteiger partial charge in [-0.1, -0.05) is 18.2 Å². The highest BCUT2D eigenvalue weighted by atomic mass is 32.1. The lowest BCUT2D eigenvalue weighted by Crippen LogP contribution is -2.33. The van der Waals surface area contributed by atoms with Crippen LogP contribution < -0.4 is 21.5 Å². The lowest BCUT2D eigenvalue weighted by molar-refractivity contribution is 0.574. The average Bonchev–Trinajstić information content (AvgIpc) is 3.15. The highest BCUT2D eigenvalue weighted by molar-refractivity contribution is 7.80. The van der Waals surface area contributed by atoms with E-state index in [1.54, 1.807) is 0 Å². The summed E-state index contributed by atoms with van der Waals surface area (Å²) in [5.74, 6) is 0.483. The third-order valence-corrected chi connectivity index (χ3v) is 3.56. The fraction of sp³-hybridized carbons (Fsp3) is 0.235. The molecule has 0 fully saturated rings. The van der Waals surface area contributed by atoms with E-state index in [9.17, 15) is 0 Å². The molecule has 2 aromatic rings. The molecule has 1 aromatic carbocycles. The third-order valence-electron chi connectivity index (χ3n) is 3.09. The molecule has 0 unspecified atom stereocenters. The van der Waals surface area contributed by atoms with E-state index >= 15 is 0 Å². The first-order chi connectivity index (χ1) is 13.1. The van der Waals surface area contributed by atoms with Gasteiger partial charge in [-0.25, -0.2) is 4.98 Å². The quantitative estimate of drug-likeness (QED) is 0.317. The molecule has 10 heteroatoms. The molecule has 1 heterocycles. The number of oxazole rings is 1. The van der Waals surface area contributed by atoms with Crippen molar-refractivity contribution < 1.29 is 4.42 Å². The van der Waals surface area contributed by atoms with Crippen LogP contribution in [0.15, 0.2) is 51.2 Å². The van der Waals surface area contributed by atoms with Gasteiger partial charge in [-0.15, -0.1) is 0 Å². The zero-order valence-corrected chi connectivity index (χ0v) is 16.7. The van der Waals surface area contributed by atoms with E-state index in [1.807, 2.05) is 44.2 Å². The smallest absolute Gasteiger partial charge is 0.226 e. The number of benzene rings is 1. The lowest BCUT2D eigenvalue weighted by atomic mass is 10.2. The van der Waals surface area contributed by atoms with Crippen molar-refractivity contribution in [3.05, 3.63) is 42.3 Å². The van der Waals surface area contributed by atoms with Crippen LogP contribution in [0.2, 0.25) is 0 Å². The summed E-state index contributed by atoms with van der Waals surface area (Å²) < 4.78 is 5.56. The fourth-order valence-corrected chi connectivity index (χ4v) is 2.31. The molecule has 0 radical (unpaired) electrons. The zero-order chi connectivity index (χ0) is 19.5. The van der Waals surface area contributed by atoms with Crippen molar-refractivity contribution >= 4 is 46.6 Å². The summed E-state index contributed by atoms with van der Waals surface area (Å²) in [6.45, 7) is 5.27. The molecule has 0 saturated heterocycles. The summed E-state index contributed by atoms with van der Waals surface area (Å²) in [6, 6.07) is 9.58. The zero-order valence-electron chi connectivity index (χ0n) is 15.0. The van der Waals surface area contributed by atoms with Gasteiger partial charge in [0.2, 0.25) is 5.89 Å². The molecular weight excluding hydrogens is 382 g/mol. The number of hydrazone groups is 2. The molecule has 27 heavy (non-hydrogen) atoms. The molecule has 0 aliphatic rings. The Morgan fingerprint density at radius 1 is 1.07 bits per heavy atom. The molecule has 0 aliphatic heterocycles. The first-order valence-electron chi connectivity index (χ1n) is 8.33. The minimum absolute atomic E-state index is 0.395. The summed E-state index contributed by atoms with van der Waals surface area (Å²) in [4.78, 5) is 4.47. The minimum atomic E-state index is 0.395. The number of hydrogen-bond donors (Lipinski definition) is 4. The second-order valence-electron chi connectivity index (χ2n) is 5.10. The average molecular weight is 404 g/mol. The van der Waals surface area contributed by atoms with Gasteiger partial charge in [0.25, 0.3) is 0 Å². The van der Waals surface area contributed by atoms with E-state index in [1.165, 1.54) is 12.5 Å². The Kier molecular flexibility index (Phi) is 8.33. The summed E-state index contributed by atoms with van der Waals surface area (Å²) >= 11 is 10.2. The topological polar surface area (TPSA) is 98.9 Å². The second kappa shape index (κ2) is 11.0. The van der Waals surface area contributed by atoms with Crippen LogP contribution in [0.5, 0.6) is 0 Å². The van der Waals surface area contributed by atoms with E-state index in [4.69, 9.17) is 28.9 Å². The summed E-state index contributed by atoms with van der Waals surface area (Å²) in [5.41, 5.74) is 7.25. The van der Waals surface area contributed by atoms with Gasteiger partial charge in [0, 0.05) is 18.7 Å². The summed E-state index contributed by atoms with van der Waals surface area (Å²) in [6.07, 6.45) is 2.99. The fourth-order valence-electron chi connectivity index (χ4n) is 1.92. The molecule has 0 bridgehead atoms. The first-order valence-corrected chi connectivity index (χ1v) is 9.15. The maximum Gasteiger partial charge on any atom is 0.226 e. The Labute approximate surface area is 168 Å². The van der Waals surface area contributed by atoms with Gasteiger partial charge in [-0.2, -0.15) is 10.2 Å². The van der Waals surface area contributed by atoms with Gasteiger partial charge >= 0.3 is 0 Å². The number of rotatable bonds is 7. The van der Waals surface area contributed by atoms with Crippen molar-refractivity contribution in [2.24, 2.45) is 10.2 Å². The van der Waals surface area contributed by atoms with Crippen molar-refractivity contribution in [2.45, 2.75) is 13.8 Å². The van der Waals surface area contributed by atoms with Gasteiger partial charge in [0.1, 0.15) is 17.7 Å². The van der Waals surface area contributed by atoms with Crippen LogP contribution in [-0.4, -0.2) is 40.2 Å². The van der Waals surface area contributed by atoms with Crippen LogP contribution >= 0.6 is 24.4 Å². The van der Waals surface area contributed by atoms with Crippen LogP contribution in [0.25, 0.3) is 11.5 Å². The highest BCUT2D eigenvalue weighted by Crippen LogP contribution is 2.18. The monoisotopic (exact) mass is 403 g/mol.